The molecule has 0 heterocycles. The van der Waals surface area contributed by atoms with Gasteiger partial charge in [-0.05, 0) is 46.2 Å². The maximum Gasteiger partial charge on any atom is 0.308 e. The van der Waals surface area contributed by atoms with E-state index in [0.717, 1.165) is 11.3 Å². The maximum atomic E-state index is 11.9. The van der Waals surface area contributed by atoms with Gasteiger partial charge >= 0.3 is 5.97 Å². The zero-order valence-corrected chi connectivity index (χ0v) is 16.2. The summed E-state index contributed by atoms with van der Waals surface area (Å²) in [5.74, 6) is 1.04. The number of hydrogen-bond acceptors (Lipinski definition) is 5. The summed E-state index contributed by atoms with van der Waals surface area (Å²) >= 11 is 1.54. The number of carbonyl (C=O) groups is 2. The molecule has 1 amide bonds. The number of hydrogen-bond donors (Lipinski definition) is 1. The Labute approximate surface area is 167 Å². The summed E-state index contributed by atoms with van der Waals surface area (Å²) in [4.78, 5) is 22.8. The number of esters is 1. The van der Waals surface area contributed by atoms with E-state index >= 15 is 0 Å². The first-order chi connectivity index (χ1) is 13.6. The van der Waals surface area contributed by atoms with Gasteiger partial charge in [0.05, 0.1) is 12.0 Å². The van der Waals surface area contributed by atoms with Crippen molar-refractivity contribution in [1.82, 2.24) is 5.43 Å². The van der Waals surface area contributed by atoms with Crippen molar-refractivity contribution in [3.05, 3.63) is 77.9 Å². The topological polar surface area (TPSA) is 67.8 Å². The lowest BCUT2D eigenvalue weighted by Crippen LogP contribution is -2.19. The molecule has 3 aromatic rings. The lowest BCUT2D eigenvalue weighted by molar-refractivity contribution is -0.131. The molecule has 6 heteroatoms. The largest absolute Gasteiger partial charge is 0.427 e. The predicted molar refractivity (Wildman–Crippen MR) is 114 cm³/mol. The number of rotatable bonds is 7. The van der Waals surface area contributed by atoms with Crippen molar-refractivity contribution in [3.63, 3.8) is 0 Å². The first-order valence-electron chi connectivity index (χ1n) is 8.76. The normalized spacial score (nSPS) is 10.9. The van der Waals surface area contributed by atoms with Gasteiger partial charge in [0.1, 0.15) is 5.75 Å². The summed E-state index contributed by atoms with van der Waals surface area (Å²) in [5, 5.41) is 6.37. The quantitative estimate of drug-likeness (QED) is 0.284. The molecule has 0 bridgehead atoms. The smallest absolute Gasteiger partial charge is 0.308 e. The van der Waals surface area contributed by atoms with Crippen LogP contribution in [0.5, 0.6) is 5.75 Å². The summed E-state index contributed by atoms with van der Waals surface area (Å²) in [6.45, 7) is 1.35. The van der Waals surface area contributed by atoms with Gasteiger partial charge in [0.15, 0.2) is 0 Å². The van der Waals surface area contributed by atoms with Gasteiger partial charge in [-0.3, -0.25) is 9.59 Å². The van der Waals surface area contributed by atoms with Crippen LogP contribution < -0.4 is 10.2 Å². The van der Waals surface area contributed by atoms with E-state index in [1.54, 1.807) is 42.2 Å². The van der Waals surface area contributed by atoms with Crippen molar-refractivity contribution in [1.29, 1.82) is 0 Å². The van der Waals surface area contributed by atoms with Crippen LogP contribution in [-0.4, -0.2) is 23.8 Å². The second-order valence-corrected chi connectivity index (χ2v) is 7.12. The van der Waals surface area contributed by atoms with Crippen molar-refractivity contribution in [3.8, 4) is 5.75 Å². The molecule has 1 N–H and O–H groups in total. The van der Waals surface area contributed by atoms with Crippen LogP contribution in [-0.2, 0) is 15.3 Å². The van der Waals surface area contributed by atoms with Crippen molar-refractivity contribution in [2.45, 2.75) is 12.7 Å². The van der Waals surface area contributed by atoms with Crippen LogP contribution in [0.15, 0.2) is 71.8 Å². The molecule has 0 aliphatic heterocycles. The Morgan fingerprint density at radius 1 is 1.04 bits per heavy atom. The Balaban J connectivity index is 1.42. The molecule has 0 aromatic heterocycles. The summed E-state index contributed by atoms with van der Waals surface area (Å²) in [7, 11) is 0. The molecule has 3 aromatic carbocycles. The molecule has 0 fully saturated rings. The van der Waals surface area contributed by atoms with E-state index in [-0.39, 0.29) is 11.9 Å². The minimum absolute atomic E-state index is 0.154. The van der Waals surface area contributed by atoms with E-state index in [1.165, 1.54) is 23.3 Å². The van der Waals surface area contributed by atoms with E-state index in [2.05, 4.69) is 40.9 Å². The van der Waals surface area contributed by atoms with Crippen molar-refractivity contribution in [2.24, 2.45) is 5.10 Å². The van der Waals surface area contributed by atoms with Crippen molar-refractivity contribution < 1.29 is 14.3 Å². The van der Waals surface area contributed by atoms with Crippen LogP contribution in [0, 0.1) is 0 Å². The van der Waals surface area contributed by atoms with E-state index in [1.807, 2.05) is 12.1 Å². The molecule has 5 nitrogen and oxygen atoms in total. The van der Waals surface area contributed by atoms with Gasteiger partial charge in [-0.2, -0.15) is 5.10 Å². The number of nitrogens with one attached hydrogen (secondary N) is 1. The molecular formula is C22H20N2O3S. The summed E-state index contributed by atoms with van der Waals surface area (Å²) in [6.07, 6.45) is 1.55. The van der Waals surface area contributed by atoms with Gasteiger partial charge in [-0.25, -0.2) is 5.43 Å². The standard InChI is InChI=1S/C22H20N2O3S/c1-16(25)27-21-10-7-17(8-11-21)13-23-24-22(26)15-28-14-18-6-9-19-4-2-3-5-20(19)12-18/h2-13H,14-15H2,1H3,(H,24,26)/b23-13-. The Bertz CT molecular complexity index is 1000. The number of fused-ring (bicyclic) bond motifs is 1. The number of hydrazone groups is 1. The third-order valence-electron chi connectivity index (χ3n) is 3.86. The number of nitrogens with zero attached hydrogens (tertiary/aromatic N) is 1. The molecule has 0 unspecified atom stereocenters. The van der Waals surface area contributed by atoms with Crippen molar-refractivity contribution in [2.75, 3.05) is 5.75 Å². The van der Waals surface area contributed by atoms with E-state index < -0.39 is 0 Å². The summed E-state index contributed by atoms with van der Waals surface area (Å²) in [6, 6.07) is 21.4. The minimum Gasteiger partial charge on any atom is -0.427 e. The number of ether oxygens (including phenoxy) is 1. The highest BCUT2D eigenvalue weighted by atomic mass is 32.2. The fourth-order valence-corrected chi connectivity index (χ4v) is 3.36. The summed E-state index contributed by atoms with van der Waals surface area (Å²) < 4.78 is 4.96. The predicted octanol–water partition coefficient (Wildman–Crippen LogP) is 4.15. The van der Waals surface area contributed by atoms with Crippen LogP contribution in [0.1, 0.15) is 18.1 Å². The minimum atomic E-state index is -0.366. The molecule has 0 radical (unpaired) electrons. The lowest BCUT2D eigenvalue weighted by Gasteiger charge is -2.04. The third kappa shape index (κ3) is 5.96. The number of benzene rings is 3. The number of carbonyl (C=O) groups excluding carboxylic acids is 2. The monoisotopic (exact) mass is 392 g/mol. The van der Waals surface area contributed by atoms with Gasteiger partial charge in [-0.1, -0.05) is 42.5 Å². The van der Waals surface area contributed by atoms with Gasteiger partial charge in [0, 0.05) is 12.7 Å². The average molecular weight is 392 g/mol. The Kier molecular flexibility index (Phi) is 6.81. The van der Waals surface area contributed by atoms with Crippen LogP contribution in [0.4, 0.5) is 0 Å². The fraction of sp³-hybridized carbons (Fsp3) is 0.136. The van der Waals surface area contributed by atoms with Crippen LogP contribution in [0.25, 0.3) is 10.8 Å². The second-order valence-electron chi connectivity index (χ2n) is 6.13. The van der Waals surface area contributed by atoms with Crippen LogP contribution >= 0.6 is 11.8 Å². The highest BCUT2D eigenvalue weighted by Gasteiger charge is 2.02. The third-order valence-corrected chi connectivity index (χ3v) is 4.86. The molecular weight excluding hydrogens is 372 g/mol. The lowest BCUT2D eigenvalue weighted by atomic mass is 10.1. The fourth-order valence-electron chi connectivity index (χ4n) is 2.59. The van der Waals surface area contributed by atoms with Crippen molar-refractivity contribution >= 4 is 40.6 Å². The number of amides is 1. The molecule has 3 rings (SSSR count). The molecule has 0 spiro atoms. The maximum absolute atomic E-state index is 11.9. The molecule has 28 heavy (non-hydrogen) atoms. The summed E-state index contributed by atoms with van der Waals surface area (Å²) in [5.41, 5.74) is 4.50. The average Bonchev–Trinajstić information content (AvgIpc) is 2.69. The zero-order chi connectivity index (χ0) is 19.8. The van der Waals surface area contributed by atoms with E-state index in [9.17, 15) is 9.59 Å². The zero-order valence-electron chi connectivity index (χ0n) is 15.4. The van der Waals surface area contributed by atoms with Crippen LogP contribution in [0.3, 0.4) is 0 Å². The Morgan fingerprint density at radius 3 is 2.54 bits per heavy atom. The van der Waals surface area contributed by atoms with E-state index in [0.29, 0.717) is 11.5 Å². The van der Waals surface area contributed by atoms with Gasteiger partial charge in [-0.15, -0.1) is 11.8 Å². The first kappa shape index (κ1) is 19.6. The van der Waals surface area contributed by atoms with Gasteiger partial charge < -0.3 is 4.74 Å². The van der Waals surface area contributed by atoms with Crippen LogP contribution in [0.2, 0.25) is 0 Å². The Morgan fingerprint density at radius 2 is 1.79 bits per heavy atom. The first-order valence-corrected chi connectivity index (χ1v) is 9.91. The highest BCUT2D eigenvalue weighted by Crippen LogP contribution is 2.19. The van der Waals surface area contributed by atoms with E-state index in [4.69, 9.17) is 4.74 Å². The Hall–Kier alpha value is -3.12. The molecule has 142 valence electrons. The molecule has 0 saturated carbocycles. The van der Waals surface area contributed by atoms with Gasteiger partial charge in [0.25, 0.3) is 0 Å². The van der Waals surface area contributed by atoms with Gasteiger partial charge in [0.2, 0.25) is 5.91 Å². The number of thioether (sulfide) groups is 1. The molecule has 0 aliphatic rings. The molecule has 0 atom stereocenters. The molecule has 0 saturated heterocycles. The SMILES string of the molecule is CC(=O)Oc1ccc(/C=N\NC(=O)CSCc2ccc3ccccc3c2)cc1. The molecule has 0 aliphatic carbocycles. The second kappa shape index (κ2) is 9.71. The highest BCUT2D eigenvalue weighted by molar-refractivity contribution is 7.99.